The quantitative estimate of drug-likeness (QED) is 0.605. The molecule has 0 aromatic rings. The minimum Gasteiger partial charge on any atom is -0.326 e. The van der Waals surface area contributed by atoms with E-state index in [0.29, 0.717) is 19.3 Å². The molecule has 0 heterocycles. The van der Waals surface area contributed by atoms with Gasteiger partial charge in [-0.05, 0) is 25.7 Å². The second kappa shape index (κ2) is 5.49. The highest BCUT2D eigenvalue weighted by Gasteiger charge is 2.48. The molecular weight excluding hydrogens is 294 g/mol. The molecule has 0 radical (unpaired) electrons. The lowest BCUT2D eigenvalue weighted by Gasteiger charge is -2.39. The second-order valence-electron chi connectivity index (χ2n) is 4.55. The standard InChI is InChI=1S/C10H12F6N2O2/c11-9(12,13)6(19)17-8(4-2-1-3-5-8)18-7(20)10(14,15)16/h1-5H2,(H,17,19)(H,18,20). The number of carbonyl (C=O) groups is 2. The van der Waals surface area contributed by atoms with Gasteiger partial charge in [0, 0.05) is 0 Å². The normalized spacial score (nSPS) is 19.3. The number of carbonyl (C=O) groups excluding carboxylic acids is 2. The first-order valence-corrected chi connectivity index (χ1v) is 5.75. The van der Waals surface area contributed by atoms with Crippen molar-refractivity contribution in [2.45, 2.75) is 50.1 Å². The fraction of sp³-hybridized carbons (Fsp3) is 0.800. The Hall–Kier alpha value is -1.48. The summed E-state index contributed by atoms with van der Waals surface area (Å²) in [6.45, 7) is 0. The van der Waals surface area contributed by atoms with Crippen LogP contribution in [0.25, 0.3) is 0 Å². The average molecular weight is 306 g/mol. The zero-order chi connectivity index (χ0) is 15.6. The van der Waals surface area contributed by atoms with E-state index in [1.165, 1.54) is 10.6 Å². The van der Waals surface area contributed by atoms with Crippen LogP contribution in [0.1, 0.15) is 32.1 Å². The van der Waals surface area contributed by atoms with Gasteiger partial charge < -0.3 is 10.6 Å². The highest BCUT2D eigenvalue weighted by molar-refractivity contribution is 5.85. The van der Waals surface area contributed by atoms with E-state index in [-0.39, 0.29) is 12.8 Å². The number of rotatable bonds is 2. The molecular formula is C10H12F6N2O2. The van der Waals surface area contributed by atoms with Gasteiger partial charge in [0.05, 0.1) is 0 Å². The minimum absolute atomic E-state index is 0.184. The Balaban J connectivity index is 2.87. The van der Waals surface area contributed by atoms with Crippen LogP contribution in [-0.4, -0.2) is 29.8 Å². The lowest BCUT2D eigenvalue weighted by atomic mass is 9.88. The first-order chi connectivity index (χ1) is 8.96. The molecule has 10 heteroatoms. The highest BCUT2D eigenvalue weighted by Crippen LogP contribution is 2.29. The van der Waals surface area contributed by atoms with Crippen LogP contribution < -0.4 is 10.6 Å². The molecule has 0 aliphatic heterocycles. The summed E-state index contributed by atoms with van der Waals surface area (Å²) in [7, 11) is 0. The van der Waals surface area contributed by atoms with Gasteiger partial charge >= 0.3 is 24.2 Å². The molecule has 1 aliphatic rings. The molecule has 1 aliphatic carbocycles. The fourth-order valence-electron chi connectivity index (χ4n) is 2.01. The SMILES string of the molecule is O=C(NC1(NC(=O)C(F)(F)F)CCCCC1)C(F)(F)F. The van der Waals surface area contributed by atoms with Crippen molar-refractivity contribution in [2.24, 2.45) is 0 Å². The average Bonchev–Trinajstić information content (AvgIpc) is 2.27. The van der Waals surface area contributed by atoms with E-state index >= 15 is 0 Å². The number of halogens is 6. The van der Waals surface area contributed by atoms with E-state index in [0.717, 1.165) is 0 Å². The zero-order valence-electron chi connectivity index (χ0n) is 10.1. The van der Waals surface area contributed by atoms with Gasteiger partial charge in [-0.2, -0.15) is 26.3 Å². The summed E-state index contributed by atoms with van der Waals surface area (Å²) in [4.78, 5) is 21.8. The number of nitrogens with one attached hydrogen (secondary N) is 2. The molecule has 0 aromatic heterocycles. The summed E-state index contributed by atoms with van der Waals surface area (Å²) in [5.41, 5.74) is -2.00. The molecule has 1 rings (SSSR count). The molecule has 20 heavy (non-hydrogen) atoms. The molecule has 2 amide bonds. The van der Waals surface area contributed by atoms with Crippen molar-refractivity contribution in [1.82, 2.24) is 10.6 Å². The van der Waals surface area contributed by atoms with Gasteiger partial charge in [0.1, 0.15) is 5.66 Å². The second-order valence-corrected chi connectivity index (χ2v) is 4.55. The van der Waals surface area contributed by atoms with Crippen LogP contribution >= 0.6 is 0 Å². The van der Waals surface area contributed by atoms with Gasteiger partial charge in [-0.1, -0.05) is 6.42 Å². The van der Waals surface area contributed by atoms with Gasteiger partial charge in [-0.25, -0.2) is 0 Å². The predicted octanol–water partition coefficient (Wildman–Crippen LogP) is 2.00. The molecule has 0 saturated heterocycles. The van der Waals surface area contributed by atoms with Crippen LogP contribution in [0.3, 0.4) is 0 Å². The predicted molar refractivity (Wildman–Crippen MR) is 54.2 cm³/mol. The van der Waals surface area contributed by atoms with Crippen LogP contribution in [0.5, 0.6) is 0 Å². The number of hydrogen-bond donors (Lipinski definition) is 2. The van der Waals surface area contributed by atoms with Gasteiger partial charge in [-0.3, -0.25) is 9.59 Å². The lowest BCUT2D eigenvalue weighted by Crippen LogP contribution is -2.65. The Morgan fingerprint density at radius 2 is 1.10 bits per heavy atom. The Kier molecular flexibility index (Phi) is 4.55. The Bertz CT molecular complexity index is 354. The van der Waals surface area contributed by atoms with E-state index in [4.69, 9.17) is 0 Å². The Labute approximate surface area is 109 Å². The van der Waals surface area contributed by atoms with Crippen molar-refractivity contribution >= 4 is 11.8 Å². The van der Waals surface area contributed by atoms with Crippen LogP contribution in [0.2, 0.25) is 0 Å². The molecule has 1 fully saturated rings. The van der Waals surface area contributed by atoms with Crippen molar-refractivity contribution in [1.29, 1.82) is 0 Å². The third-order valence-electron chi connectivity index (χ3n) is 2.93. The van der Waals surface area contributed by atoms with Gasteiger partial charge in [0.25, 0.3) is 0 Å². The third kappa shape index (κ3) is 4.27. The molecule has 0 atom stereocenters. The minimum atomic E-state index is -5.23. The first-order valence-electron chi connectivity index (χ1n) is 5.75. The largest absolute Gasteiger partial charge is 0.471 e. The molecule has 2 N–H and O–H groups in total. The maximum absolute atomic E-state index is 12.2. The van der Waals surface area contributed by atoms with Crippen LogP contribution in [0.4, 0.5) is 26.3 Å². The molecule has 1 saturated carbocycles. The molecule has 4 nitrogen and oxygen atoms in total. The summed E-state index contributed by atoms with van der Waals surface area (Å²) in [6, 6.07) is 0. The van der Waals surface area contributed by atoms with Gasteiger partial charge in [-0.15, -0.1) is 0 Å². The Morgan fingerprint density at radius 1 is 0.750 bits per heavy atom. The highest BCUT2D eigenvalue weighted by atomic mass is 19.4. The van der Waals surface area contributed by atoms with Gasteiger partial charge in [0.2, 0.25) is 0 Å². The summed E-state index contributed by atoms with van der Waals surface area (Å²) < 4.78 is 73.2. The Morgan fingerprint density at radius 3 is 1.40 bits per heavy atom. The van der Waals surface area contributed by atoms with E-state index in [1.54, 1.807) is 0 Å². The van der Waals surface area contributed by atoms with Crippen molar-refractivity contribution < 1.29 is 35.9 Å². The van der Waals surface area contributed by atoms with Crippen molar-refractivity contribution in [2.75, 3.05) is 0 Å². The fourth-order valence-corrected chi connectivity index (χ4v) is 2.01. The van der Waals surface area contributed by atoms with E-state index in [2.05, 4.69) is 0 Å². The van der Waals surface area contributed by atoms with Crippen molar-refractivity contribution in [3.8, 4) is 0 Å². The van der Waals surface area contributed by atoms with E-state index in [1.807, 2.05) is 0 Å². The van der Waals surface area contributed by atoms with Gasteiger partial charge in [0.15, 0.2) is 0 Å². The summed E-state index contributed by atoms with van der Waals surface area (Å²) in [6.07, 6.45) is -9.62. The first kappa shape index (κ1) is 16.6. The van der Waals surface area contributed by atoms with Crippen molar-refractivity contribution in [3.05, 3.63) is 0 Å². The van der Waals surface area contributed by atoms with Crippen LogP contribution in [0.15, 0.2) is 0 Å². The monoisotopic (exact) mass is 306 g/mol. The smallest absolute Gasteiger partial charge is 0.326 e. The molecule has 116 valence electrons. The summed E-state index contributed by atoms with van der Waals surface area (Å²) in [5, 5.41) is 2.96. The molecule has 0 spiro atoms. The number of hydrogen-bond acceptors (Lipinski definition) is 2. The van der Waals surface area contributed by atoms with E-state index < -0.39 is 29.8 Å². The molecule has 0 bridgehead atoms. The lowest BCUT2D eigenvalue weighted by molar-refractivity contribution is -0.182. The van der Waals surface area contributed by atoms with Crippen molar-refractivity contribution in [3.63, 3.8) is 0 Å². The maximum Gasteiger partial charge on any atom is 0.471 e. The number of amides is 2. The van der Waals surface area contributed by atoms with Crippen LogP contribution in [0, 0.1) is 0 Å². The summed E-state index contributed by atoms with van der Waals surface area (Å²) >= 11 is 0. The molecule has 0 unspecified atom stereocenters. The summed E-state index contributed by atoms with van der Waals surface area (Å²) in [5.74, 6) is -4.75. The van der Waals surface area contributed by atoms with Crippen LogP contribution in [-0.2, 0) is 9.59 Å². The molecule has 0 aromatic carbocycles. The van der Waals surface area contributed by atoms with E-state index in [9.17, 15) is 35.9 Å². The third-order valence-corrected chi connectivity index (χ3v) is 2.93. The zero-order valence-corrected chi connectivity index (χ0v) is 10.1. The topological polar surface area (TPSA) is 58.2 Å². The maximum atomic E-state index is 12.2. The number of alkyl halides is 6.